The first kappa shape index (κ1) is 22.7. The number of carbonyl (C=O) groups excluding carboxylic acids is 1. The van der Waals surface area contributed by atoms with Crippen molar-refractivity contribution >= 4 is 15.9 Å². The number of hydrogen-bond acceptors (Lipinski definition) is 4. The highest BCUT2D eigenvalue weighted by Gasteiger charge is 2.30. The Kier molecular flexibility index (Phi) is 6.91. The Bertz CT molecular complexity index is 991. The summed E-state index contributed by atoms with van der Waals surface area (Å²) in [6.45, 7) is 1.93. The minimum absolute atomic E-state index is 0.00152. The van der Waals surface area contributed by atoms with Gasteiger partial charge in [-0.1, -0.05) is 23.8 Å². The van der Waals surface area contributed by atoms with Crippen LogP contribution in [0.4, 0.5) is 13.2 Å². The molecule has 29 heavy (non-hydrogen) atoms. The van der Waals surface area contributed by atoms with Crippen molar-refractivity contribution in [3.63, 3.8) is 0 Å². The third-order valence-electron chi connectivity index (χ3n) is 4.07. The van der Waals surface area contributed by atoms with Crippen LogP contribution in [0, 0.1) is 6.92 Å². The molecule has 2 rings (SSSR count). The number of carbonyl (C=O) groups is 1. The number of benzene rings is 2. The lowest BCUT2D eigenvalue weighted by molar-refractivity contribution is -0.121. The molecule has 0 aliphatic rings. The molecule has 0 heterocycles. The largest absolute Gasteiger partial charge is 0.496 e. The van der Waals surface area contributed by atoms with E-state index in [1.165, 1.54) is 24.0 Å². The second kappa shape index (κ2) is 8.83. The molecule has 2 aromatic carbocycles. The maximum absolute atomic E-state index is 12.6. The minimum Gasteiger partial charge on any atom is -0.496 e. The zero-order valence-corrected chi connectivity index (χ0v) is 16.8. The van der Waals surface area contributed by atoms with E-state index in [9.17, 15) is 26.4 Å². The molecule has 2 aromatic rings. The SMILES string of the molecule is COc1ccc(C)cc1C(C)NC(=O)c1cccc(S(=O)(=O)NCC(F)(F)F)c1. The molecule has 158 valence electrons. The van der Waals surface area contributed by atoms with Gasteiger partial charge in [-0.25, -0.2) is 13.1 Å². The van der Waals surface area contributed by atoms with Crippen LogP contribution in [0.5, 0.6) is 5.75 Å². The number of hydrogen-bond donors (Lipinski definition) is 2. The molecule has 0 spiro atoms. The van der Waals surface area contributed by atoms with Gasteiger partial charge in [-0.15, -0.1) is 0 Å². The Morgan fingerprint density at radius 1 is 1.17 bits per heavy atom. The van der Waals surface area contributed by atoms with Gasteiger partial charge in [0.05, 0.1) is 18.0 Å². The lowest BCUT2D eigenvalue weighted by Gasteiger charge is -2.18. The Morgan fingerprint density at radius 2 is 1.86 bits per heavy atom. The van der Waals surface area contributed by atoms with Crippen molar-refractivity contribution in [1.82, 2.24) is 10.0 Å². The molecule has 2 N–H and O–H groups in total. The van der Waals surface area contributed by atoms with E-state index in [-0.39, 0.29) is 5.56 Å². The molecular weight excluding hydrogens is 409 g/mol. The van der Waals surface area contributed by atoms with Crippen LogP contribution in [-0.4, -0.2) is 34.2 Å². The van der Waals surface area contributed by atoms with E-state index in [0.717, 1.165) is 23.3 Å². The number of halogens is 3. The molecule has 1 amide bonds. The van der Waals surface area contributed by atoms with Gasteiger partial charge in [-0.05, 0) is 38.1 Å². The molecule has 0 aliphatic carbocycles. The normalized spacial score (nSPS) is 13.0. The summed E-state index contributed by atoms with van der Waals surface area (Å²) in [5.74, 6) is 0.00464. The number of alkyl halides is 3. The van der Waals surface area contributed by atoms with E-state index >= 15 is 0 Å². The third-order valence-corrected chi connectivity index (χ3v) is 5.47. The molecule has 0 bridgehead atoms. The van der Waals surface area contributed by atoms with Crippen molar-refractivity contribution in [1.29, 1.82) is 0 Å². The van der Waals surface area contributed by atoms with Gasteiger partial charge >= 0.3 is 6.18 Å². The fourth-order valence-corrected chi connectivity index (χ4v) is 3.67. The minimum atomic E-state index is -4.69. The highest BCUT2D eigenvalue weighted by Crippen LogP contribution is 2.26. The Morgan fingerprint density at radius 3 is 2.48 bits per heavy atom. The van der Waals surface area contributed by atoms with Gasteiger partial charge in [-0.3, -0.25) is 4.79 Å². The number of aryl methyl sites for hydroxylation is 1. The predicted octanol–water partition coefficient (Wildman–Crippen LogP) is 3.34. The maximum Gasteiger partial charge on any atom is 0.402 e. The Balaban J connectivity index is 2.20. The molecule has 0 fully saturated rings. The van der Waals surface area contributed by atoms with Crippen LogP contribution < -0.4 is 14.8 Å². The summed E-state index contributed by atoms with van der Waals surface area (Å²) in [6.07, 6.45) is -4.69. The monoisotopic (exact) mass is 430 g/mol. The van der Waals surface area contributed by atoms with Crippen molar-refractivity contribution in [3.8, 4) is 5.75 Å². The van der Waals surface area contributed by atoms with Gasteiger partial charge in [0.15, 0.2) is 0 Å². The van der Waals surface area contributed by atoms with Crippen LogP contribution in [0.15, 0.2) is 47.4 Å². The predicted molar refractivity (Wildman–Crippen MR) is 101 cm³/mol. The molecule has 6 nitrogen and oxygen atoms in total. The van der Waals surface area contributed by atoms with Crippen LogP contribution in [0.25, 0.3) is 0 Å². The van der Waals surface area contributed by atoms with E-state index in [1.807, 2.05) is 19.1 Å². The summed E-state index contributed by atoms with van der Waals surface area (Å²) in [4.78, 5) is 12.1. The van der Waals surface area contributed by atoms with Gasteiger partial charge in [0.1, 0.15) is 12.3 Å². The van der Waals surface area contributed by atoms with Crippen molar-refractivity contribution in [2.24, 2.45) is 0 Å². The first-order chi connectivity index (χ1) is 13.4. The van der Waals surface area contributed by atoms with E-state index in [1.54, 1.807) is 13.0 Å². The van der Waals surface area contributed by atoms with Crippen LogP contribution in [0.1, 0.15) is 34.5 Å². The maximum atomic E-state index is 12.6. The highest BCUT2D eigenvalue weighted by atomic mass is 32.2. The van der Waals surface area contributed by atoms with Crippen LogP contribution in [0.2, 0.25) is 0 Å². The van der Waals surface area contributed by atoms with Crippen molar-refractivity contribution in [2.75, 3.05) is 13.7 Å². The number of ether oxygens (including phenoxy) is 1. The zero-order chi connectivity index (χ0) is 21.8. The molecule has 10 heteroatoms. The highest BCUT2D eigenvalue weighted by molar-refractivity contribution is 7.89. The molecular formula is C19H21F3N2O4S. The van der Waals surface area contributed by atoms with E-state index in [4.69, 9.17) is 4.74 Å². The first-order valence-electron chi connectivity index (χ1n) is 8.55. The molecule has 1 atom stereocenters. The van der Waals surface area contributed by atoms with Crippen LogP contribution >= 0.6 is 0 Å². The second-order valence-corrected chi connectivity index (χ2v) is 8.18. The van der Waals surface area contributed by atoms with Gasteiger partial charge in [0.2, 0.25) is 10.0 Å². The lowest BCUT2D eigenvalue weighted by Crippen LogP contribution is -2.34. The van der Waals surface area contributed by atoms with Gasteiger partial charge in [0, 0.05) is 11.1 Å². The number of amides is 1. The third kappa shape index (κ3) is 6.20. The summed E-state index contributed by atoms with van der Waals surface area (Å²) < 4.78 is 67.8. The Labute approximate surface area is 167 Å². The number of sulfonamides is 1. The van der Waals surface area contributed by atoms with Crippen molar-refractivity contribution in [2.45, 2.75) is 31.0 Å². The van der Waals surface area contributed by atoms with Gasteiger partial charge in [0.25, 0.3) is 5.91 Å². The molecule has 0 saturated heterocycles. The number of methoxy groups -OCH3 is 1. The van der Waals surface area contributed by atoms with Crippen LogP contribution in [-0.2, 0) is 10.0 Å². The Hall–Kier alpha value is -2.59. The number of rotatable bonds is 7. The molecule has 0 saturated carbocycles. The fourth-order valence-electron chi connectivity index (χ4n) is 2.61. The van der Waals surface area contributed by atoms with E-state index in [2.05, 4.69) is 5.32 Å². The van der Waals surface area contributed by atoms with Crippen molar-refractivity contribution in [3.05, 3.63) is 59.2 Å². The summed E-state index contributed by atoms with van der Waals surface area (Å²) in [7, 11) is -2.91. The topological polar surface area (TPSA) is 84.5 Å². The van der Waals surface area contributed by atoms with Crippen molar-refractivity contribution < 1.29 is 31.1 Å². The lowest BCUT2D eigenvalue weighted by atomic mass is 10.0. The number of nitrogens with one attached hydrogen (secondary N) is 2. The molecule has 0 aromatic heterocycles. The van der Waals surface area contributed by atoms with Gasteiger partial charge in [-0.2, -0.15) is 13.2 Å². The smallest absolute Gasteiger partial charge is 0.402 e. The average molecular weight is 430 g/mol. The van der Waals surface area contributed by atoms with Gasteiger partial charge < -0.3 is 10.1 Å². The summed E-state index contributed by atoms with van der Waals surface area (Å²) in [6, 6.07) is 9.82. The quantitative estimate of drug-likeness (QED) is 0.706. The molecule has 1 unspecified atom stereocenters. The summed E-state index contributed by atoms with van der Waals surface area (Å²) >= 11 is 0. The zero-order valence-electron chi connectivity index (χ0n) is 16.0. The fraction of sp³-hybridized carbons (Fsp3) is 0.316. The summed E-state index contributed by atoms with van der Waals surface area (Å²) in [5.41, 5.74) is 1.69. The molecule has 0 aliphatic heterocycles. The summed E-state index contributed by atoms with van der Waals surface area (Å²) in [5, 5.41) is 2.74. The van der Waals surface area contributed by atoms with E-state index in [0.29, 0.717) is 5.75 Å². The molecule has 0 radical (unpaired) electrons. The van der Waals surface area contributed by atoms with Crippen LogP contribution in [0.3, 0.4) is 0 Å². The first-order valence-corrected chi connectivity index (χ1v) is 10.0. The van der Waals surface area contributed by atoms with E-state index < -0.39 is 39.6 Å². The second-order valence-electron chi connectivity index (χ2n) is 6.41. The average Bonchev–Trinajstić information content (AvgIpc) is 2.66. The standard InChI is InChI=1S/C19H21F3N2O4S/c1-12-7-8-17(28-3)16(9-12)13(2)24-18(25)14-5-4-6-15(10-14)29(26,27)23-11-19(20,21)22/h4-10,13,23H,11H2,1-3H3,(H,24,25).